The number of nitrogens with one attached hydrogen (secondary N) is 2. The molecule has 3 N–H and O–H groups in total. The average molecular weight is 402 g/mol. The second-order valence-electron chi connectivity index (χ2n) is 6.81. The molecule has 0 spiro atoms. The highest BCUT2D eigenvalue weighted by Gasteiger charge is 2.29. The van der Waals surface area contributed by atoms with E-state index in [1.807, 2.05) is 6.20 Å². The summed E-state index contributed by atoms with van der Waals surface area (Å²) in [4.78, 5) is 10.6. The van der Waals surface area contributed by atoms with Crippen LogP contribution in [0.4, 0.5) is 15.9 Å². The third-order valence-electron chi connectivity index (χ3n) is 5.10. The van der Waals surface area contributed by atoms with E-state index in [1.54, 1.807) is 34.9 Å². The predicted molar refractivity (Wildman–Crippen MR) is 105 cm³/mol. The molecule has 1 saturated heterocycles. The number of β-amino-alcohol motifs (C(OH)–C–C–N with tert-alkyl or cyclic N) is 1. The number of rotatable bonds is 3. The molecule has 0 saturated carbocycles. The second-order valence-corrected chi connectivity index (χ2v) is 7.19. The van der Waals surface area contributed by atoms with E-state index in [4.69, 9.17) is 11.6 Å². The molecule has 10 heteroatoms. The Morgan fingerprint density at radius 3 is 2.96 bits per heavy atom. The molecule has 0 aliphatic carbocycles. The van der Waals surface area contributed by atoms with E-state index in [9.17, 15) is 5.11 Å². The lowest BCUT2D eigenvalue weighted by Gasteiger charge is -2.21. The third-order valence-corrected chi connectivity index (χ3v) is 5.45. The number of H-pyrrole nitrogens is 1. The average Bonchev–Trinajstić information content (AvgIpc) is 3.41. The minimum atomic E-state index is -0.550. The minimum Gasteiger partial charge on any atom is -0.391 e. The van der Waals surface area contributed by atoms with Crippen LogP contribution in [-0.2, 0) is 0 Å². The van der Waals surface area contributed by atoms with Crippen LogP contribution in [0.15, 0.2) is 24.8 Å². The normalized spacial score (nSPS) is 17.1. The molecule has 1 atom stereocenters. The van der Waals surface area contributed by atoms with Crippen molar-refractivity contribution in [3.8, 4) is 11.3 Å². The first-order valence-electron chi connectivity index (χ1n) is 8.86. The SMILES string of the molecule is CNc1cn2cc(-c3c(Cl)c(F)c(N4CC[C@H](O)C4)c4[nH]ncc34)ncc2n1. The number of aromatic nitrogens is 5. The van der Waals surface area contributed by atoms with Crippen LogP contribution in [0.3, 0.4) is 0 Å². The quantitative estimate of drug-likeness (QED) is 0.488. The predicted octanol–water partition coefficient (Wildman–Crippen LogP) is 2.68. The number of halogens is 2. The fourth-order valence-electron chi connectivity index (χ4n) is 3.74. The zero-order chi connectivity index (χ0) is 19.4. The molecule has 0 amide bonds. The summed E-state index contributed by atoms with van der Waals surface area (Å²) in [6.45, 7) is 0.903. The highest BCUT2D eigenvalue weighted by molar-refractivity contribution is 6.35. The van der Waals surface area contributed by atoms with Crippen LogP contribution < -0.4 is 10.2 Å². The molecule has 144 valence electrons. The Labute approximate surface area is 164 Å². The minimum absolute atomic E-state index is 0.0221. The monoisotopic (exact) mass is 401 g/mol. The van der Waals surface area contributed by atoms with E-state index >= 15 is 4.39 Å². The number of hydrogen-bond donors (Lipinski definition) is 3. The Morgan fingerprint density at radius 1 is 1.36 bits per heavy atom. The molecule has 0 radical (unpaired) electrons. The van der Waals surface area contributed by atoms with Gasteiger partial charge >= 0.3 is 0 Å². The summed E-state index contributed by atoms with van der Waals surface area (Å²) in [7, 11) is 1.78. The zero-order valence-corrected chi connectivity index (χ0v) is 15.7. The van der Waals surface area contributed by atoms with Crippen LogP contribution in [0.1, 0.15) is 6.42 Å². The molecule has 5 rings (SSSR count). The van der Waals surface area contributed by atoms with E-state index in [0.29, 0.717) is 58.8 Å². The van der Waals surface area contributed by atoms with Gasteiger partial charge in [0.1, 0.15) is 11.5 Å². The number of aliphatic hydroxyl groups is 1. The van der Waals surface area contributed by atoms with Gasteiger partial charge in [0.2, 0.25) is 0 Å². The second kappa shape index (κ2) is 6.32. The van der Waals surface area contributed by atoms with Crippen molar-refractivity contribution < 1.29 is 9.50 Å². The molecule has 1 aliphatic rings. The van der Waals surface area contributed by atoms with E-state index in [1.165, 1.54) is 0 Å². The number of aromatic amines is 1. The lowest BCUT2D eigenvalue weighted by atomic mass is 10.0. The summed E-state index contributed by atoms with van der Waals surface area (Å²) < 4.78 is 17.2. The fraction of sp³-hybridized carbons (Fsp3) is 0.278. The number of aliphatic hydroxyl groups excluding tert-OH is 1. The molecule has 3 aromatic heterocycles. The first-order chi connectivity index (χ1) is 13.6. The molecular formula is C18H17ClFN7O. The number of fused-ring (bicyclic) bond motifs is 2. The molecular weight excluding hydrogens is 385 g/mol. The summed E-state index contributed by atoms with van der Waals surface area (Å²) in [6.07, 6.45) is 6.90. The van der Waals surface area contributed by atoms with Gasteiger partial charge in [-0.1, -0.05) is 11.6 Å². The topological polar surface area (TPSA) is 94.4 Å². The molecule has 0 bridgehead atoms. The van der Waals surface area contributed by atoms with Crippen LogP contribution in [0.5, 0.6) is 0 Å². The maximum absolute atomic E-state index is 15.3. The fourth-order valence-corrected chi connectivity index (χ4v) is 4.03. The lowest BCUT2D eigenvalue weighted by molar-refractivity contribution is 0.198. The van der Waals surface area contributed by atoms with Crippen LogP contribution in [0, 0.1) is 5.82 Å². The first kappa shape index (κ1) is 17.2. The summed E-state index contributed by atoms with van der Waals surface area (Å²) >= 11 is 6.48. The van der Waals surface area contributed by atoms with E-state index in [0.717, 1.165) is 0 Å². The van der Waals surface area contributed by atoms with Crippen LogP contribution in [-0.4, -0.2) is 55.9 Å². The maximum atomic E-state index is 15.3. The number of nitrogens with zero attached hydrogens (tertiary/aromatic N) is 5. The Balaban J connectivity index is 1.72. The zero-order valence-electron chi connectivity index (χ0n) is 14.9. The van der Waals surface area contributed by atoms with Gasteiger partial charge in [0.15, 0.2) is 11.5 Å². The summed E-state index contributed by atoms with van der Waals surface area (Å²) in [5, 5.41) is 20.5. The smallest absolute Gasteiger partial charge is 0.167 e. The van der Waals surface area contributed by atoms with Crippen molar-refractivity contribution in [2.45, 2.75) is 12.5 Å². The number of benzene rings is 1. The molecule has 8 nitrogen and oxygen atoms in total. The van der Waals surface area contributed by atoms with Crippen LogP contribution in [0.25, 0.3) is 27.8 Å². The maximum Gasteiger partial charge on any atom is 0.167 e. The van der Waals surface area contributed by atoms with Crippen molar-refractivity contribution in [1.82, 2.24) is 24.6 Å². The first-order valence-corrected chi connectivity index (χ1v) is 9.24. The highest BCUT2D eigenvalue weighted by Crippen LogP contribution is 2.42. The molecule has 1 aromatic carbocycles. The van der Waals surface area contributed by atoms with Gasteiger partial charge in [-0.15, -0.1) is 0 Å². The van der Waals surface area contributed by atoms with Crippen molar-refractivity contribution in [3.63, 3.8) is 0 Å². The number of anilines is 2. The van der Waals surface area contributed by atoms with Gasteiger partial charge < -0.3 is 19.7 Å². The van der Waals surface area contributed by atoms with E-state index in [2.05, 4.69) is 25.5 Å². The van der Waals surface area contributed by atoms with Gasteiger partial charge in [-0.25, -0.2) is 9.37 Å². The van der Waals surface area contributed by atoms with Gasteiger partial charge in [-0.05, 0) is 6.42 Å². The summed E-state index contributed by atoms with van der Waals surface area (Å²) in [5.41, 5.74) is 2.51. The largest absolute Gasteiger partial charge is 0.391 e. The van der Waals surface area contributed by atoms with Crippen molar-refractivity contribution in [1.29, 1.82) is 0 Å². The molecule has 1 aliphatic heterocycles. The standard InChI is InChI=1S/C18H17ClFN7O/c1-21-12-8-27-7-11(22-5-13(27)24-12)14-10-4-23-25-17(10)18(16(20)15(14)19)26-3-2-9(28)6-26/h4-5,7-9,21,28H,2-3,6H2,1H3,(H,23,25)/t9-/m0/s1. The van der Waals surface area contributed by atoms with Crippen LogP contribution >= 0.6 is 11.6 Å². The third kappa shape index (κ3) is 2.50. The van der Waals surface area contributed by atoms with E-state index < -0.39 is 11.9 Å². The summed E-state index contributed by atoms with van der Waals surface area (Å²) in [6, 6.07) is 0. The highest BCUT2D eigenvalue weighted by atomic mass is 35.5. The number of hydrogen-bond acceptors (Lipinski definition) is 6. The van der Waals surface area contributed by atoms with Crippen molar-refractivity contribution in [2.24, 2.45) is 0 Å². The molecule has 1 fully saturated rings. The molecule has 0 unspecified atom stereocenters. The lowest BCUT2D eigenvalue weighted by Crippen LogP contribution is -2.23. The molecule has 4 heterocycles. The van der Waals surface area contributed by atoms with Gasteiger partial charge in [0, 0.05) is 37.3 Å². The Kier molecular flexibility index (Phi) is 3.88. The Hall–Kier alpha value is -2.91. The molecule has 4 aromatic rings. The molecule has 28 heavy (non-hydrogen) atoms. The van der Waals surface area contributed by atoms with E-state index in [-0.39, 0.29) is 5.02 Å². The van der Waals surface area contributed by atoms with Gasteiger partial charge in [0.25, 0.3) is 0 Å². The Morgan fingerprint density at radius 2 is 2.21 bits per heavy atom. The van der Waals surface area contributed by atoms with Crippen molar-refractivity contribution in [2.75, 3.05) is 30.4 Å². The van der Waals surface area contributed by atoms with Crippen molar-refractivity contribution >= 4 is 39.7 Å². The van der Waals surface area contributed by atoms with Gasteiger partial charge in [-0.3, -0.25) is 10.1 Å². The van der Waals surface area contributed by atoms with Crippen LogP contribution in [0.2, 0.25) is 5.02 Å². The summed E-state index contributed by atoms with van der Waals surface area (Å²) in [5.74, 6) is 0.151. The Bertz CT molecular complexity index is 1200. The van der Waals surface area contributed by atoms with Gasteiger partial charge in [-0.2, -0.15) is 5.10 Å². The van der Waals surface area contributed by atoms with Gasteiger partial charge in [0.05, 0.1) is 40.9 Å². The van der Waals surface area contributed by atoms with Crippen molar-refractivity contribution in [3.05, 3.63) is 35.6 Å². The number of imidazole rings is 1.